The maximum Gasteiger partial charge on any atom is 0.262 e. The van der Waals surface area contributed by atoms with E-state index >= 15 is 0 Å². The maximum atomic E-state index is 13.2. The molecule has 1 aliphatic heterocycles. The molecule has 25 heavy (non-hydrogen) atoms. The molecule has 0 unspecified atom stereocenters. The Labute approximate surface area is 147 Å². The highest BCUT2D eigenvalue weighted by atomic mass is 16.5. The SMILES string of the molecule is O=C(c1ccccc1Oc1ccccc1)N1CCCc2ccccc21. The average molecular weight is 329 g/mol. The van der Waals surface area contributed by atoms with Crippen molar-refractivity contribution in [3.8, 4) is 11.5 Å². The standard InChI is InChI=1S/C22H19NO2/c24-22(23-16-8-10-17-9-4-6-14-20(17)23)19-13-5-7-15-21(19)25-18-11-2-1-3-12-18/h1-7,9,11-15H,8,10,16H2. The van der Waals surface area contributed by atoms with Gasteiger partial charge in [-0.05, 0) is 48.7 Å². The molecule has 0 atom stereocenters. The normalized spacial score (nSPS) is 13.2. The number of nitrogens with zero attached hydrogens (tertiary/aromatic N) is 1. The van der Waals surface area contributed by atoms with Crippen LogP contribution in [0, 0.1) is 0 Å². The van der Waals surface area contributed by atoms with Crippen LogP contribution in [-0.2, 0) is 6.42 Å². The summed E-state index contributed by atoms with van der Waals surface area (Å²) in [5.41, 5.74) is 2.82. The number of fused-ring (bicyclic) bond motifs is 1. The van der Waals surface area contributed by atoms with Gasteiger partial charge in [-0.15, -0.1) is 0 Å². The van der Waals surface area contributed by atoms with Gasteiger partial charge in [0.25, 0.3) is 5.91 Å². The van der Waals surface area contributed by atoms with Gasteiger partial charge >= 0.3 is 0 Å². The molecule has 1 aliphatic rings. The lowest BCUT2D eigenvalue weighted by molar-refractivity contribution is 0.0983. The fourth-order valence-corrected chi connectivity index (χ4v) is 3.24. The van der Waals surface area contributed by atoms with Crippen LogP contribution in [0.1, 0.15) is 22.3 Å². The van der Waals surface area contributed by atoms with Crippen molar-refractivity contribution in [3.63, 3.8) is 0 Å². The number of anilines is 1. The molecule has 0 N–H and O–H groups in total. The zero-order valence-electron chi connectivity index (χ0n) is 13.9. The predicted molar refractivity (Wildman–Crippen MR) is 99.4 cm³/mol. The molecule has 3 aromatic rings. The first kappa shape index (κ1) is 15.5. The Hall–Kier alpha value is -3.07. The molecule has 3 aromatic carbocycles. The monoisotopic (exact) mass is 329 g/mol. The number of hydrogen-bond donors (Lipinski definition) is 0. The first-order valence-corrected chi connectivity index (χ1v) is 8.54. The predicted octanol–water partition coefficient (Wildman–Crippen LogP) is 5.07. The van der Waals surface area contributed by atoms with E-state index in [4.69, 9.17) is 4.74 Å². The number of hydrogen-bond acceptors (Lipinski definition) is 2. The van der Waals surface area contributed by atoms with Gasteiger partial charge in [0, 0.05) is 12.2 Å². The van der Waals surface area contributed by atoms with Crippen molar-refractivity contribution >= 4 is 11.6 Å². The number of para-hydroxylation sites is 3. The van der Waals surface area contributed by atoms with Crippen molar-refractivity contribution < 1.29 is 9.53 Å². The maximum absolute atomic E-state index is 13.2. The molecule has 124 valence electrons. The Morgan fingerprint density at radius 2 is 1.56 bits per heavy atom. The summed E-state index contributed by atoms with van der Waals surface area (Å²) in [4.78, 5) is 15.1. The second kappa shape index (κ2) is 6.81. The fraction of sp³-hybridized carbons (Fsp3) is 0.136. The molecular formula is C22H19NO2. The molecule has 0 aliphatic carbocycles. The van der Waals surface area contributed by atoms with Gasteiger partial charge in [-0.1, -0.05) is 48.5 Å². The van der Waals surface area contributed by atoms with E-state index in [0.717, 1.165) is 30.8 Å². The van der Waals surface area contributed by atoms with Gasteiger partial charge in [-0.2, -0.15) is 0 Å². The van der Waals surface area contributed by atoms with E-state index in [2.05, 4.69) is 6.07 Å². The van der Waals surface area contributed by atoms with Gasteiger partial charge in [-0.3, -0.25) is 4.79 Å². The van der Waals surface area contributed by atoms with Crippen LogP contribution in [0.5, 0.6) is 11.5 Å². The molecule has 0 bridgehead atoms. The molecule has 0 fully saturated rings. The highest BCUT2D eigenvalue weighted by molar-refractivity contribution is 6.08. The molecule has 0 spiro atoms. The Bertz CT molecular complexity index is 889. The number of rotatable bonds is 3. The summed E-state index contributed by atoms with van der Waals surface area (Å²) in [5, 5.41) is 0. The number of ether oxygens (including phenoxy) is 1. The first-order valence-electron chi connectivity index (χ1n) is 8.54. The van der Waals surface area contributed by atoms with E-state index in [-0.39, 0.29) is 5.91 Å². The van der Waals surface area contributed by atoms with E-state index in [1.54, 1.807) is 0 Å². The lowest BCUT2D eigenvalue weighted by Gasteiger charge is -2.30. The van der Waals surface area contributed by atoms with Crippen molar-refractivity contribution in [3.05, 3.63) is 90.0 Å². The molecule has 4 rings (SSSR count). The van der Waals surface area contributed by atoms with Crippen LogP contribution in [0.2, 0.25) is 0 Å². The van der Waals surface area contributed by atoms with E-state index in [0.29, 0.717) is 11.3 Å². The Balaban J connectivity index is 1.68. The molecule has 0 saturated carbocycles. The molecule has 3 heteroatoms. The van der Waals surface area contributed by atoms with Crippen LogP contribution in [0.25, 0.3) is 0 Å². The number of benzene rings is 3. The third-order valence-corrected chi connectivity index (χ3v) is 4.44. The largest absolute Gasteiger partial charge is 0.457 e. The second-order valence-electron chi connectivity index (χ2n) is 6.10. The number of carbonyl (C=O) groups is 1. The summed E-state index contributed by atoms with van der Waals surface area (Å²) in [7, 11) is 0. The quantitative estimate of drug-likeness (QED) is 0.671. The van der Waals surface area contributed by atoms with E-state index in [1.807, 2.05) is 77.7 Å². The van der Waals surface area contributed by atoms with Crippen LogP contribution >= 0.6 is 0 Å². The zero-order valence-corrected chi connectivity index (χ0v) is 13.9. The van der Waals surface area contributed by atoms with Gasteiger partial charge in [0.1, 0.15) is 11.5 Å². The average Bonchev–Trinajstić information content (AvgIpc) is 2.68. The highest BCUT2D eigenvalue weighted by Crippen LogP contribution is 2.31. The Morgan fingerprint density at radius 3 is 2.44 bits per heavy atom. The Morgan fingerprint density at radius 1 is 0.840 bits per heavy atom. The molecular weight excluding hydrogens is 310 g/mol. The second-order valence-corrected chi connectivity index (χ2v) is 6.10. The van der Waals surface area contributed by atoms with Gasteiger partial charge in [0.2, 0.25) is 0 Å². The minimum Gasteiger partial charge on any atom is -0.457 e. The topological polar surface area (TPSA) is 29.5 Å². The van der Waals surface area contributed by atoms with Gasteiger partial charge in [0.05, 0.1) is 5.56 Å². The van der Waals surface area contributed by atoms with Crippen molar-refractivity contribution in [2.75, 3.05) is 11.4 Å². The lowest BCUT2D eigenvalue weighted by atomic mass is 10.0. The summed E-state index contributed by atoms with van der Waals surface area (Å²) in [6, 6.07) is 25.1. The first-order chi connectivity index (χ1) is 12.3. The van der Waals surface area contributed by atoms with E-state index in [9.17, 15) is 4.79 Å². The van der Waals surface area contributed by atoms with Gasteiger partial charge in [-0.25, -0.2) is 0 Å². The highest BCUT2D eigenvalue weighted by Gasteiger charge is 2.25. The minimum atomic E-state index is -0.0151. The molecule has 3 nitrogen and oxygen atoms in total. The summed E-state index contributed by atoms with van der Waals surface area (Å²) in [6.07, 6.45) is 1.99. The van der Waals surface area contributed by atoms with Gasteiger partial charge in [0.15, 0.2) is 0 Å². The van der Waals surface area contributed by atoms with Crippen LogP contribution in [0.15, 0.2) is 78.9 Å². The fourth-order valence-electron chi connectivity index (χ4n) is 3.24. The minimum absolute atomic E-state index is 0.0151. The number of carbonyl (C=O) groups excluding carboxylic acids is 1. The molecule has 0 aromatic heterocycles. The van der Waals surface area contributed by atoms with Crippen molar-refractivity contribution in [2.24, 2.45) is 0 Å². The zero-order chi connectivity index (χ0) is 17.1. The van der Waals surface area contributed by atoms with Crippen LogP contribution in [0.3, 0.4) is 0 Å². The smallest absolute Gasteiger partial charge is 0.262 e. The van der Waals surface area contributed by atoms with E-state index < -0.39 is 0 Å². The summed E-state index contributed by atoms with van der Waals surface area (Å²) in [6.45, 7) is 0.732. The third-order valence-electron chi connectivity index (χ3n) is 4.44. The van der Waals surface area contributed by atoms with Gasteiger partial charge < -0.3 is 9.64 Å². The summed E-state index contributed by atoms with van der Waals surface area (Å²) >= 11 is 0. The van der Waals surface area contributed by atoms with Crippen molar-refractivity contribution in [1.29, 1.82) is 0 Å². The van der Waals surface area contributed by atoms with Crippen LogP contribution in [0.4, 0.5) is 5.69 Å². The molecule has 1 heterocycles. The number of aryl methyl sites for hydroxylation is 1. The van der Waals surface area contributed by atoms with Crippen molar-refractivity contribution in [1.82, 2.24) is 0 Å². The number of amides is 1. The summed E-state index contributed by atoms with van der Waals surface area (Å²) < 4.78 is 5.96. The van der Waals surface area contributed by atoms with Crippen molar-refractivity contribution in [2.45, 2.75) is 12.8 Å². The molecule has 0 radical (unpaired) electrons. The molecule has 0 saturated heterocycles. The Kier molecular flexibility index (Phi) is 4.21. The van der Waals surface area contributed by atoms with Crippen LogP contribution < -0.4 is 9.64 Å². The molecule has 1 amide bonds. The van der Waals surface area contributed by atoms with E-state index in [1.165, 1.54) is 5.56 Å². The van der Waals surface area contributed by atoms with Crippen LogP contribution in [-0.4, -0.2) is 12.5 Å². The lowest BCUT2D eigenvalue weighted by Crippen LogP contribution is -2.35. The summed E-state index contributed by atoms with van der Waals surface area (Å²) in [5.74, 6) is 1.29. The third kappa shape index (κ3) is 3.13.